The van der Waals surface area contributed by atoms with Gasteiger partial charge in [-0.15, -0.1) is 0 Å². The summed E-state index contributed by atoms with van der Waals surface area (Å²) in [5.74, 6) is 0.917. The molecule has 56 heavy (non-hydrogen) atoms. The molecule has 1 heterocycles. The molecular weight excluding hydrogens is 758 g/mol. The van der Waals surface area contributed by atoms with Crippen molar-refractivity contribution in [1.29, 1.82) is 0 Å². The largest absolute Gasteiger partial charge is 0.453 e. The number of rotatable bonds is 8. The van der Waals surface area contributed by atoms with Gasteiger partial charge in [0.15, 0.2) is 11.5 Å². The molecule has 0 atom stereocenters. The Hall–Kier alpha value is -4.94. The highest BCUT2D eigenvalue weighted by Crippen LogP contribution is 2.54. The standard InChI is InChI=1S/C50H50BrNO4/c1-47(2,3)26-49(7,8)28-14-18-30(19-15-28)55-43-41-35-13-11-12-34-37(51)25-24-32(38(34)35)33-22-23-36-40(39(33)41)42(46(54)52-45(36)53)44(43)56-31-20-16-29(17-21-31)50(9,10)27-48(4,5)6/h11-25H,26-27H2,1-10H3,(H,52,53,54). The van der Waals surface area contributed by atoms with E-state index >= 15 is 0 Å². The molecule has 286 valence electrons. The van der Waals surface area contributed by atoms with Crippen molar-refractivity contribution >= 4 is 70.8 Å². The molecule has 0 aromatic heterocycles. The number of hydrogen-bond donors (Lipinski definition) is 1. The molecule has 0 radical (unpaired) electrons. The first-order valence-electron chi connectivity index (χ1n) is 19.5. The van der Waals surface area contributed by atoms with Gasteiger partial charge >= 0.3 is 0 Å². The van der Waals surface area contributed by atoms with Crippen LogP contribution in [-0.2, 0) is 10.8 Å². The van der Waals surface area contributed by atoms with Gasteiger partial charge in [0, 0.05) is 26.2 Å². The van der Waals surface area contributed by atoms with Crippen molar-refractivity contribution in [2.75, 3.05) is 0 Å². The van der Waals surface area contributed by atoms with Crippen LogP contribution in [0.1, 0.15) is 114 Å². The number of hydrogen-bond acceptors (Lipinski definition) is 4. The summed E-state index contributed by atoms with van der Waals surface area (Å²) in [5, 5.41) is 9.78. The SMILES string of the molecule is CC(C)(C)CC(C)(C)c1ccc(Oc2c3c4c(ccc5c6ccc(Br)c7cccc(c(c2Oc2ccc(C(C)(C)CC(C)(C)C)cc2)c45)c76)C(=O)NC3=O)cc1. The van der Waals surface area contributed by atoms with Crippen molar-refractivity contribution in [1.82, 2.24) is 5.32 Å². The van der Waals surface area contributed by atoms with Crippen molar-refractivity contribution in [2.45, 2.75) is 92.9 Å². The van der Waals surface area contributed by atoms with E-state index < -0.39 is 11.8 Å². The number of halogens is 1. The van der Waals surface area contributed by atoms with E-state index in [0.717, 1.165) is 55.0 Å². The highest BCUT2D eigenvalue weighted by Gasteiger charge is 2.36. The Morgan fingerprint density at radius 1 is 0.500 bits per heavy atom. The molecule has 0 spiro atoms. The van der Waals surface area contributed by atoms with Gasteiger partial charge in [0.1, 0.15) is 11.5 Å². The molecule has 1 N–H and O–H groups in total. The average molecular weight is 809 g/mol. The van der Waals surface area contributed by atoms with Crippen LogP contribution < -0.4 is 14.8 Å². The summed E-state index contributed by atoms with van der Waals surface area (Å²) in [6.07, 6.45) is 2.02. The van der Waals surface area contributed by atoms with E-state index in [1.807, 2.05) is 42.5 Å². The van der Waals surface area contributed by atoms with Crippen LogP contribution in [0.3, 0.4) is 0 Å². The van der Waals surface area contributed by atoms with Crippen LogP contribution >= 0.6 is 15.9 Å². The second-order valence-corrected chi connectivity index (χ2v) is 20.3. The van der Waals surface area contributed by atoms with Gasteiger partial charge in [-0.05, 0) is 109 Å². The number of imide groups is 1. The highest BCUT2D eigenvalue weighted by atomic mass is 79.9. The molecule has 1 aliphatic heterocycles. The molecule has 5 nitrogen and oxygen atoms in total. The zero-order valence-corrected chi connectivity index (χ0v) is 35.7. The summed E-state index contributed by atoms with van der Waals surface area (Å²) in [5.41, 5.74) is 3.31. The van der Waals surface area contributed by atoms with Crippen molar-refractivity contribution in [2.24, 2.45) is 10.8 Å². The minimum Gasteiger partial charge on any atom is -0.453 e. The lowest BCUT2D eigenvalue weighted by molar-refractivity contribution is 0.0843. The molecule has 1 aliphatic rings. The Morgan fingerprint density at radius 2 is 1.00 bits per heavy atom. The molecule has 7 aromatic rings. The molecule has 0 fully saturated rings. The molecule has 0 saturated carbocycles. The van der Waals surface area contributed by atoms with Crippen LogP contribution in [0.4, 0.5) is 0 Å². The van der Waals surface area contributed by atoms with Gasteiger partial charge in [0.2, 0.25) is 0 Å². The number of amides is 2. The number of fused-ring (bicyclic) bond motifs is 2. The highest BCUT2D eigenvalue weighted by molar-refractivity contribution is 9.10. The van der Waals surface area contributed by atoms with E-state index in [4.69, 9.17) is 9.47 Å². The molecule has 6 heteroatoms. The van der Waals surface area contributed by atoms with Crippen LogP contribution in [0.25, 0.3) is 43.1 Å². The van der Waals surface area contributed by atoms with E-state index in [2.05, 4.69) is 139 Å². The summed E-state index contributed by atoms with van der Waals surface area (Å²) in [6, 6.07) is 30.7. The average Bonchev–Trinajstić information content (AvgIpc) is 3.10. The smallest absolute Gasteiger partial charge is 0.262 e. The van der Waals surface area contributed by atoms with Crippen LogP contribution in [0.5, 0.6) is 23.0 Å². The maximum atomic E-state index is 14.2. The summed E-state index contributed by atoms with van der Waals surface area (Å²) in [6.45, 7) is 22.7. The van der Waals surface area contributed by atoms with E-state index in [1.54, 1.807) is 0 Å². The number of benzene rings is 7. The van der Waals surface area contributed by atoms with Crippen LogP contribution in [-0.4, -0.2) is 11.8 Å². The van der Waals surface area contributed by atoms with E-state index in [-0.39, 0.29) is 33.0 Å². The van der Waals surface area contributed by atoms with Crippen molar-refractivity contribution in [3.63, 3.8) is 0 Å². The lowest BCUT2D eigenvalue weighted by Crippen LogP contribution is -2.35. The van der Waals surface area contributed by atoms with E-state index in [0.29, 0.717) is 28.2 Å². The summed E-state index contributed by atoms with van der Waals surface area (Å²) in [7, 11) is 0. The molecule has 2 amide bonds. The van der Waals surface area contributed by atoms with Crippen molar-refractivity contribution in [3.8, 4) is 23.0 Å². The van der Waals surface area contributed by atoms with Crippen molar-refractivity contribution < 1.29 is 19.1 Å². The fourth-order valence-corrected chi connectivity index (χ4v) is 10.2. The minimum absolute atomic E-state index is 0.0551. The Bertz CT molecular complexity index is 2710. The van der Waals surface area contributed by atoms with E-state index in [9.17, 15) is 9.59 Å². The molecule has 0 bridgehead atoms. The van der Waals surface area contributed by atoms with Gasteiger partial charge in [0.25, 0.3) is 11.8 Å². The predicted molar refractivity (Wildman–Crippen MR) is 234 cm³/mol. The third-order valence-corrected chi connectivity index (χ3v) is 12.0. The first kappa shape index (κ1) is 38.0. The molecule has 7 aromatic carbocycles. The number of carbonyl (C=O) groups is 2. The second-order valence-electron chi connectivity index (χ2n) is 19.4. The molecular formula is C50H50BrNO4. The second kappa shape index (κ2) is 13.1. The monoisotopic (exact) mass is 807 g/mol. The molecule has 8 rings (SSSR count). The topological polar surface area (TPSA) is 64.6 Å². The van der Waals surface area contributed by atoms with Gasteiger partial charge in [-0.25, -0.2) is 0 Å². The number of ether oxygens (including phenoxy) is 2. The number of nitrogens with one attached hydrogen (secondary N) is 1. The molecule has 0 saturated heterocycles. The lowest BCUT2D eigenvalue weighted by atomic mass is 9.72. The zero-order valence-electron chi connectivity index (χ0n) is 34.1. The normalized spacial score (nSPS) is 14.0. The van der Waals surface area contributed by atoms with E-state index in [1.165, 1.54) is 11.1 Å². The molecule has 0 unspecified atom stereocenters. The number of carbonyl (C=O) groups excluding carboxylic acids is 2. The Kier molecular flexibility index (Phi) is 8.85. The summed E-state index contributed by atoms with van der Waals surface area (Å²) < 4.78 is 14.9. The lowest BCUT2D eigenvalue weighted by Gasteiger charge is -2.33. The van der Waals surface area contributed by atoms with Crippen LogP contribution in [0, 0.1) is 10.8 Å². The Balaban J connectivity index is 1.40. The fourth-order valence-electron chi connectivity index (χ4n) is 9.73. The molecule has 0 aliphatic carbocycles. The van der Waals surface area contributed by atoms with Gasteiger partial charge in [0.05, 0.1) is 5.56 Å². The fraction of sp³-hybridized carbons (Fsp3) is 0.320. The first-order valence-corrected chi connectivity index (χ1v) is 20.3. The summed E-state index contributed by atoms with van der Waals surface area (Å²) >= 11 is 3.81. The summed E-state index contributed by atoms with van der Waals surface area (Å²) in [4.78, 5) is 27.8. The van der Waals surface area contributed by atoms with Gasteiger partial charge in [-0.1, -0.05) is 140 Å². The third-order valence-electron chi connectivity index (χ3n) is 11.3. The maximum Gasteiger partial charge on any atom is 0.262 e. The predicted octanol–water partition coefficient (Wildman–Crippen LogP) is 14.4. The van der Waals surface area contributed by atoms with Gasteiger partial charge in [-0.2, -0.15) is 0 Å². The van der Waals surface area contributed by atoms with Crippen LogP contribution in [0.15, 0.2) is 95.5 Å². The first-order chi connectivity index (χ1) is 26.2. The van der Waals surface area contributed by atoms with Crippen molar-refractivity contribution in [3.05, 3.63) is 118 Å². The minimum atomic E-state index is -0.520. The maximum absolute atomic E-state index is 14.2. The Morgan fingerprint density at radius 3 is 1.55 bits per heavy atom. The zero-order chi connectivity index (χ0) is 40.1. The quantitative estimate of drug-likeness (QED) is 0.0943. The van der Waals surface area contributed by atoms with Crippen LogP contribution in [0.2, 0.25) is 0 Å². The third kappa shape index (κ3) is 6.60. The Labute approximate surface area is 338 Å². The van der Waals surface area contributed by atoms with Gasteiger partial charge in [-0.3, -0.25) is 14.9 Å². The van der Waals surface area contributed by atoms with Gasteiger partial charge < -0.3 is 9.47 Å².